The van der Waals surface area contributed by atoms with Gasteiger partial charge in [0.2, 0.25) is 0 Å². The zero-order valence-corrected chi connectivity index (χ0v) is 13.0. The lowest BCUT2D eigenvalue weighted by molar-refractivity contribution is 0.671. The first-order chi connectivity index (χ1) is 11.1. The molecule has 23 heavy (non-hydrogen) atoms. The second-order valence-corrected chi connectivity index (χ2v) is 5.81. The van der Waals surface area contributed by atoms with E-state index >= 15 is 0 Å². The third kappa shape index (κ3) is 2.12. The molecule has 4 rings (SSSR count). The summed E-state index contributed by atoms with van der Waals surface area (Å²) in [6, 6.07) is 16.2. The van der Waals surface area contributed by atoms with Gasteiger partial charge in [0, 0.05) is 12.4 Å². The number of benzene rings is 2. The van der Waals surface area contributed by atoms with Crippen LogP contribution in [0.1, 0.15) is 11.1 Å². The third-order valence-electron chi connectivity index (χ3n) is 4.19. The Balaban J connectivity index is 2.04. The lowest BCUT2D eigenvalue weighted by Crippen LogP contribution is -2.18. The van der Waals surface area contributed by atoms with Crippen molar-refractivity contribution in [2.45, 2.75) is 13.5 Å². The molecule has 114 valence electrons. The molecule has 0 unspecified atom stereocenters. The molecular formula is C18H16N4O. The van der Waals surface area contributed by atoms with Crippen LogP contribution >= 0.6 is 0 Å². The summed E-state index contributed by atoms with van der Waals surface area (Å²) in [6.07, 6.45) is 0. The fraction of sp³-hybridized carbons (Fsp3) is 0.167. The second-order valence-electron chi connectivity index (χ2n) is 5.81. The largest absolute Gasteiger partial charge is 0.309 e. The van der Waals surface area contributed by atoms with Gasteiger partial charge in [-0.05, 0) is 24.1 Å². The summed E-state index contributed by atoms with van der Waals surface area (Å²) in [7, 11) is 1.78. The number of pyridine rings is 1. The minimum atomic E-state index is -0.114. The van der Waals surface area contributed by atoms with E-state index in [0.29, 0.717) is 12.1 Å². The molecule has 0 aliphatic rings. The van der Waals surface area contributed by atoms with E-state index in [1.807, 2.05) is 60.1 Å². The van der Waals surface area contributed by atoms with Crippen LogP contribution in [0.3, 0.4) is 0 Å². The van der Waals surface area contributed by atoms with Crippen LogP contribution in [-0.4, -0.2) is 19.6 Å². The van der Waals surface area contributed by atoms with Crippen molar-refractivity contribution in [2.75, 3.05) is 0 Å². The van der Waals surface area contributed by atoms with Crippen LogP contribution in [0, 0.1) is 6.92 Å². The third-order valence-corrected chi connectivity index (χ3v) is 4.19. The highest BCUT2D eigenvalue weighted by Gasteiger charge is 2.15. The van der Waals surface area contributed by atoms with Crippen molar-refractivity contribution in [2.24, 2.45) is 7.05 Å². The van der Waals surface area contributed by atoms with Gasteiger partial charge in [0.15, 0.2) is 5.52 Å². The summed E-state index contributed by atoms with van der Waals surface area (Å²) in [5.74, 6) is 0. The first-order valence-electron chi connectivity index (χ1n) is 7.51. The maximum absolute atomic E-state index is 12.6. The summed E-state index contributed by atoms with van der Waals surface area (Å²) in [6.45, 7) is 2.61. The summed E-state index contributed by atoms with van der Waals surface area (Å²) in [5.41, 5.74) is 4.25. The van der Waals surface area contributed by atoms with Gasteiger partial charge in [-0.1, -0.05) is 47.7 Å². The molecule has 0 N–H and O–H groups in total. The van der Waals surface area contributed by atoms with Gasteiger partial charge in [0.1, 0.15) is 5.52 Å². The predicted octanol–water partition coefficient (Wildman–Crippen LogP) is 2.64. The van der Waals surface area contributed by atoms with Crippen LogP contribution in [0.4, 0.5) is 0 Å². The molecule has 2 aromatic heterocycles. The maximum Gasteiger partial charge on any atom is 0.280 e. The Morgan fingerprint density at radius 3 is 2.65 bits per heavy atom. The summed E-state index contributed by atoms with van der Waals surface area (Å²) in [4.78, 5) is 12.6. The Morgan fingerprint density at radius 2 is 1.87 bits per heavy atom. The van der Waals surface area contributed by atoms with Crippen molar-refractivity contribution in [3.63, 3.8) is 0 Å². The number of nitrogens with zero attached hydrogens (tertiary/aromatic N) is 4. The van der Waals surface area contributed by atoms with Crippen LogP contribution in [-0.2, 0) is 13.6 Å². The minimum absolute atomic E-state index is 0.114. The number of aryl methyl sites for hydroxylation is 2. The van der Waals surface area contributed by atoms with Crippen molar-refractivity contribution < 1.29 is 0 Å². The lowest BCUT2D eigenvalue weighted by atomic mass is 10.1. The standard InChI is InChI=1S/C18H16N4O/c1-12-8-9-14-15(10-12)21(2)18(23)16-17(14)22(20-19-16)11-13-6-4-3-5-7-13/h3-10H,11H2,1-2H3. The molecule has 0 saturated carbocycles. The zero-order valence-electron chi connectivity index (χ0n) is 13.0. The van der Waals surface area contributed by atoms with Crippen molar-refractivity contribution in [1.82, 2.24) is 19.6 Å². The Labute approximate surface area is 132 Å². The average molecular weight is 304 g/mol. The molecule has 5 heteroatoms. The van der Waals surface area contributed by atoms with E-state index in [1.54, 1.807) is 11.6 Å². The van der Waals surface area contributed by atoms with Crippen LogP contribution < -0.4 is 5.56 Å². The summed E-state index contributed by atoms with van der Waals surface area (Å²) in [5, 5.41) is 9.34. The fourth-order valence-electron chi connectivity index (χ4n) is 2.98. The molecule has 2 aromatic carbocycles. The van der Waals surface area contributed by atoms with Gasteiger partial charge in [0.25, 0.3) is 5.56 Å². The van der Waals surface area contributed by atoms with Crippen molar-refractivity contribution >= 4 is 21.9 Å². The van der Waals surface area contributed by atoms with E-state index in [9.17, 15) is 4.79 Å². The Hall–Kier alpha value is -2.95. The van der Waals surface area contributed by atoms with Crippen LogP contribution in [0.15, 0.2) is 53.3 Å². The van der Waals surface area contributed by atoms with E-state index in [0.717, 1.165) is 27.5 Å². The summed E-state index contributed by atoms with van der Waals surface area (Å²) < 4.78 is 3.45. The van der Waals surface area contributed by atoms with E-state index in [2.05, 4.69) is 10.3 Å². The SMILES string of the molecule is Cc1ccc2c3c(nnn3Cc3ccccc3)c(=O)n(C)c2c1. The van der Waals surface area contributed by atoms with Crippen molar-refractivity contribution in [3.8, 4) is 0 Å². The van der Waals surface area contributed by atoms with E-state index in [1.165, 1.54) is 0 Å². The van der Waals surface area contributed by atoms with Gasteiger partial charge >= 0.3 is 0 Å². The molecule has 0 aliphatic heterocycles. The Bertz CT molecular complexity index is 1080. The Morgan fingerprint density at radius 1 is 1.09 bits per heavy atom. The van der Waals surface area contributed by atoms with Crippen LogP contribution in [0.5, 0.6) is 0 Å². The second kappa shape index (κ2) is 5.05. The minimum Gasteiger partial charge on any atom is -0.309 e. The van der Waals surface area contributed by atoms with E-state index in [-0.39, 0.29) is 5.56 Å². The van der Waals surface area contributed by atoms with Gasteiger partial charge in [-0.15, -0.1) is 5.10 Å². The molecule has 0 atom stereocenters. The fourth-order valence-corrected chi connectivity index (χ4v) is 2.98. The molecule has 0 amide bonds. The van der Waals surface area contributed by atoms with Crippen molar-refractivity contribution in [3.05, 3.63) is 70.0 Å². The molecule has 0 radical (unpaired) electrons. The molecule has 0 fully saturated rings. The normalized spacial score (nSPS) is 11.4. The molecular weight excluding hydrogens is 288 g/mol. The quantitative estimate of drug-likeness (QED) is 0.572. The first-order valence-corrected chi connectivity index (χ1v) is 7.51. The Kier molecular flexibility index (Phi) is 3.01. The highest BCUT2D eigenvalue weighted by Crippen LogP contribution is 2.22. The monoisotopic (exact) mass is 304 g/mol. The molecule has 0 spiro atoms. The smallest absolute Gasteiger partial charge is 0.280 e. The maximum atomic E-state index is 12.6. The van der Waals surface area contributed by atoms with Gasteiger partial charge in [0.05, 0.1) is 12.1 Å². The zero-order chi connectivity index (χ0) is 16.0. The van der Waals surface area contributed by atoms with Crippen LogP contribution in [0.25, 0.3) is 21.9 Å². The number of rotatable bonds is 2. The number of hydrogen-bond donors (Lipinski definition) is 0. The van der Waals surface area contributed by atoms with Gasteiger partial charge in [-0.3, -0.25) is 4.79 Å². The molecule has 5 nitrogen and oxygen atoms in total. The number of fused-ring (bicyclic) bond motifs is 3. The molecule has 0 aliphatic carbocycles. The molecule has 0 saturated heterocycles. The number of aromatic nitrogens is 4. The first kappa shape index (κ1) is 13.7. The molecule has 4 aromatic rings. The number of hydrogen-bond acceptors (Lipinski definition) is 3. The topological polar surface area (TPSA) is 52.7 Å². The van der Waals surface area contributed by atoms with Crippen molar-refractivity contribution in [1.29, 1.82) is 0 Å². The molecule has 0 bridgehead atoms. The van der Waals surface area contributed by atoms with E-state index in [4.69, 9.17) is 0 Å². The summed E-state index contributed by atoms with van der Waals surface area (Å²) >= 11 is 0. The lowest BCUT2D eigenvalue weighted by Gasteiger charge is -2.09. The van der Waals surface area contributed by atoms with Crippen LogP contribution in [0.2, 0.25) is 0 Å². The van der Waals surface area contributed by atoms with Gasteiger partial charge < -0.3 is 4.57 Å². The molecule has 2 heterocycles. The van der Waals surface area contributed by atoms with Gasteiger partial charge in [-0.25, -0.2) is 4.68 Å². The average Bonchev–Trinajstić information content (AvgIpc) is 2.97. The highest BCUT2D eigenvalue weighted by molar-refractivity contribution is 6.02. The predicted molar refractivity (Wildman–Crippen MR) is 90.6 cm³/mol. The van der Waals surface area contributed by atoms with Gasteiger partial charge in [-0.2, -0.15) is 0 Å². The highest BCUT2D eigenvalue weighted by atomic mass is 16.1. The van der Waals surface area contributed by atoms with E-state index < -0.39 is 0 Å².